The van der Waals surface area contributed by atoms with Crippen LogP contribution in [0.1, 0.15) is 6.42 Å². The fourth-order valence-electron chi connectivity index (χ4n) is 0.224. The molecule has 0 radical (unpaired) electrons. The van der Waals surface area contributed by atoms with E-state index < -0.39 is 0 Å². The lowest BCUT2D eigenvalue weighted by Gasteiger charge is -1.94. The maximum atomic E-state index is 10.3. The predicted molar refractivity (Wildman–Crippen MR) is 35.3 cm³/mol. The van der Waals surface area contributed by atoms with Crippen molar-refractivity contribution < 1.29 is 9.53 Å². The molecule has 0 bridgehead atoms. The van der Waals surface area contributed by atoms with Gasteiger partial charge in [-0.25, -0.2) is 0 Å². The quantitative estimate of drug-likeness (QED) is 0.374. The summed E-state index contributed by atoms with van der Waals surface area (Å²) in [5, 5.41) is 0. The van der Waals surface area contributed by atoms with Gasteiger partial charge in [-0.2, -0.15) is 12.6 Å². The summed E-state index contributed by atoms with van der Waals surface area (Å²) < 4.78 is 4.36. The zero-order valence-electron chi connectivity index (χ0n) is 4.26. The maximum Gasteiger partial charge on any atom is 0.307 e. The van der Waals surface area contributed by atoms with Gasteiger partial charge in [0.1, 0.15) is 0 Å². The molecule has 0 aromatic heterocycles. The van der Waals surface area contributed by atoms with Gasteiger partial charge in [0, 0.05) is 5.75 Å². The minimum atomic E-state index is -0.296. The van der Waals surface area contributed by atoms with Crippen LogP contribution in [0.4, 0.5) is 0 Å². The molecule has 0 rings (SSSR count). The van der Waals surface area contributed by atoms with Crippen molar-refractivity contribution in [3.63, 3.8) is 0 Å². The third-order valence-electron chi connectivity index (χ3n) is 0.531. The van der Waals surface area contributed by atoms with Crippen molar-refractivity contribution >= 4 is 30.2 Å². The van der Waals surface area contributed by atoms with Gasteiger partial charge >= 0.3 is 5.97 Å². The molecule has 0 aliphatic heterocycles. The van der Waals surface area contributed by atoms with Crippen LogP contribution in [0, 0.1) is 0 Å². The van der Waals surface area contributed by atoms with Crippen LogP contribution in [0.25, 0.3) is 0 Å². The number of hydrogen-bond acceptors (Lipinski definition) is 3. The van der Waals surface area contributed by atoms with Crippen LogP contribution in [0.15, 0.2) is 0 Å². The van der Waals surface area contributed by atoms with Gasteiger partial charge in [-0.1, -0.05) is 11.6 Å². The van der Waals surface area contributed by atoms with Gasteiger partial charge < -0.3 is 4.74 Å². The van der Waals surface area contributed by atoms with Crippen LogP contribution in [-0.2, 0) is 9.53 Å². The van der Waals surface area contributed by atoms with Gasteiger partial charge in [-0.15, -0.1) is 0 Å². The summed E-state index contributed by atoms with van der Waals surface area (Å²) in [5.74, 6) is 0.213. The molecule has 0 saturated heterocycles. The van der Waals surface area contributed by atoms with Crippen molar-refractivity contribution in [1.82, 2.24) is 0 Å². The Bertz CT molecular complexity index is 68.4. The van der Waals surface area contributed by atoms with E-state index in [2.05, 4.69) is 17.4 Å². The minimum Gasteiger partial charge on any atom is -0.449 e. The lowest BCUT2D eigenvalue weighted by atomic mass is 10.5. The second kappa shape index (κ2) is 5.25. The van der Waals surface area contributed by atoms with Crippen molar-refractivity contribution in [2.45, 2.75) is 6.42 Å². The van der Waals surface area contributed by atoms with Gasteiger partial charge in [0.15, 0.2) is 6.07 Å². The standard InChI is InChI=1S/C4H7ClO2S/c5-3-7-4(6)1-2-8/h8H,1-3H2. The molecule has 0 N–H and O–H groups in total. The van der Waals surface area contributed by atoms with Crippen molar-refractivity contribution in [3.05, 3.63) is 0 Å². The first-order valence-corrected chi connectivity index (χ1v) is 3.30. The van der Waals surface area contributed by atoms with E-state index in [-0.39, 0.29) is 12.0 Å². The Hall–Kier alpha value is 0.110. The summed E-state index contributed by atoms with van der Waals surface area (Å²) in [6.07, 6.45) is 0.329. The third-order valence-corrected chi connectivity index (χ3v) is 0.864. The van der Waals surface area contributed by atoms with E-state index >= 15 is 0 Å². The highest BCUT2D eigenvalue weighted by Crippen LogP contribution is 1.89. The molecule has 0 spiro atoms. The number of ether oxygens (including phenoxy) is 1. The Labute approximate surface area is 58.6 Å². The molecule has 0 saturated carbocycles. The van der Waals surface area contributed by atoms with Crippen LogP contribution < -0.4 is 0 Å². The molecule has 48 valence electrons. The highest BCUT2D eigenvalue weighted by Gasteiger charge is 1.96. The van der Waals surface area contributed by atoms with E-state index in [9.17, 15) is 4.79 Å². The average molecular weight is 155 g/mol. The molecular weight excluding hydrogens is 148 g/mol. The Morgan fingerprint density at radius 2 is 2.38 bits per heavy atom. The van der Waals surface area contributed by atoms with Crippen molar-refractivity contribution in [2.75, 3.05) is 11.8 Å². The summed E-state index contributed by atoms with van der Waals surface area (Å²) in [7, 11) is 0. The number of thiol groups is 1. The van der Waals surface area contributed by atoms with Gasteiger partial charge in [0.25, 0.3) is 0 Å². The first-order chi connectivity index (χ1) is 3.81. The number of carbonyl (C=O) groups excluding carboxylic acids is 1. The number of esters is 1. The molecule has 0 aromatic rings. The molecule has 4 heteroatoms. The smallest absolute Gasteiger partial charge is 0.307 e. The van der Waals surface area contributed by atoms with E-state index in [1.165, 1.54) is 0 Å². The van der Waals surface area contributed by atoms with E-state index in [0.717, 1.165) is 0 Å². The predicted octanol–water partition coefficient (Wildman–Crippen LogP) is 1.05. The van der Waals surface area contributed by atoms with E-state index in [4.69, 9.17) is 11.6 Å². The summed E-state index contributed by atoms with van der Waals surface area (Å²) >= 11 is 8.87. The molecule has 0 aromatic carbocycles. The Morgan fingerprint density at radius 1 is 1.75 bits per heavy atom. The van der Waals surface area contributed by atoms with Crippen molar-refractivity contribution in [3.8, 4) is 0 Å². The fraction of sp³-hybridized carbons (Fsp3) is 0.750. The maximum absolute atomic E-state index is 10.3. The lowest BCUT2D eigenvalue weighted by molar-refractivity contribution is -0.141. The monoisotopic (exact) mass is 154 g/mol. The van der Waals surface area contributed by atoms with Crippen LogP contribution in [0.5, 0.6) is 0 Å². The van der Waals surface area contributed by atoms with E-state index in [1.54, 1.807) is 0 Å². The number of alkyl halides is 1. The molecule has 0 atom stereocenters. The molecule has 0 unspecified atom stereocenters. The van der Waals surface area contributed by atoms with Gasteiger partial charge in [0.2, 0.25) is 0 Å². The second-order valence-electron chi connectivity index (χ2n) is 1.10. The number of halogens is 1. The molecular formula is C4H7ClO2S. The van der Waals surface area contributed by atoms with Gasteiger partial charge in [-0.3, -0.25) is 4.79 Å². The first-order valence-electron chi connectivity index (χ1n) is 2.13. The normalized spacial score (nSPS) is 8.75. The lowest BCUT2D eigenvalue weighted by Crippen LogP contribution is -2.02. The highest BCUT2D eigenvalue weighted by atomic mass is 35.5. The van der Waals surface area contributed by atoms with Gasteiger partial charge in [0.05, 0.1) is 6.42 Å². The summed E-state index contributed by atoms with van der Waals surface area (Å²) in [6.45, 7) is 0. The van der Waals surface area contributed by atoms with Crippen LogP contribution in [0.2, 0.25) is 0 Å². The van der Waals surface area contributed by atoms with E-state index in [1.807, 2.05) is 0 Å². The molecule has 0 aliphatic carbocycles. The minimum absolute atomic E-state index is 0.0629. The Balaban J connectivity index is 3.06. The van der Waals surface area contributed by atoms with Crippen molar-refractivity contribution in [1.29, 1.82) is 0 Å². The average Bonchev–Trinajstić information content (AvgIpc) is 1.68. The largest absolute Gasteiger partial charge is 0.449 e. The molecule has 0 aliphatic rings. The molecule has 0 amide bonds. The Kier molecular flexibility index (Phi) is 5.32. The van der Waals surface area contributed by atoms with Crippen LogP contribution in [-0.4, -0.2) is 17.8 Å². The van der Waals surface area contributed by atoms with E-state index in [0.29, 0.717) is 12.2 Å². The zero-order valence-corrected chi connectivity index (χ0v) is 5.91. The molecule has 0 heterocycles. The highest BCUT2D eigenvalue weighted by molar-refractivity contribution is 7.80. The van der Waals surface area contributed by atoms with Crippen LogP contribution in [0.3, 0.4) is 0 Å². The third kappa shape index (κ3) is 4.27. The van der Waals surface area contributed by atoms with Crippen molar-refractivity contribution in [2.24, 2.45) is 0 Å². The SMILES string of the molecule is O=C(CCS)OCCl. The topological polar surface area (TPSA) is 26.3 Å². The van der Waals surface area contributed by atoms with Gasteiger partial charge in [-0.05, 0) is 0 Å². The number of hydrogen-bond donors (Lipinski definition) is 1. The Morgan fingerprint density at radius 3 is 2.75 bits per heavy atom. The molecule has 0 fully saturated rings. The first kappa shape index (κ1) is 8.11. The number of carbonyl (C=O) groups is 1. The summed E-state index contributed by atoms with van der Waals surface area (Å²) in [4.78, 5) is 10.3. The van der Waals surface area contributed by atoms with Crippen LogP contribution >= 0.6 is 24.2 Å². The second-order valence-corrected chi connectivity index (χ2v) is 1.76. The molecule has 8 heavy (non-hydrogen) atoms. The summed E-state index contributed by atoms with van der Waals surface area (Å²) in [5.41, 5.74) is 0. The number of rotatable bonds is 3. The zero-order chi connectivity index (χ0) is 6.41. The fourth-order valence-corrected chi connectivity index (χ4v) is 0.529. The summed E-state index contributed by atoms with van der Waals surface area (Å²) in [6, 6.07) is -0.0629. The molecule has 2 nitrogen and oxygen atoms in total.